The Labute approximate surface area is 447 Å². The van der Waals surface area contributed by atoms with Gasteiger partial charge in [-0.3, -0.25) is 27.6 Å². The molecule has 0 radical (unpaired) electrons. The van der Waals surface area contributed by atoms with E-state index in [0.29, 0.717) is 79.6 Å². The molecule has 0 spiro atoms. The highest BCUT2D eigenvalue weighted by Gasteiger charge is 2.49. The van der Waals surface area contributed by atoms with Gasteiger partial charge in [-0.15, -0.1) is 0 Å². The number of ether oxygens (including phenoxy) is 4. The van der Waals surface area contributed by atoms with Crippen molar-refractivity contribution in [2.75, 3.05) is 77.1 Å². The van der Waals surface area contributed by atoms with Crippen molar-refractivity contribution in [2.45, 2.75) is 96.1 Å². The number of hydrogen-bond acceptors (Lipinski definition) is 16. The van der Waals surface area contributed by atoms with Crippen LogP contribution in [0.25, 0.3) is 21.5 Å². The molecule has 28 heteroatoms. The van der Waals surface area contributed by atoms with Crippen LogP contribution in [0.2, 0.25) is 0 Å². The smallest absolute Gasteiger partial charge is 0.303 e. The summed E-state index contributed by atoms with van der Waals surface area (Å²) in [5.74, 6) is -1.73. The number of rotatable bonds is 29. The van der Waals surface area contributed by atoms with Crippen LogP contribution in [-0.4, -0.2) is 158 Å². The summed E-state index contributed by atoms with van der Waals surface area (Å²) in [6, 6.07) is 9.32. The van der Waals surface area contributed by atoms with Crippen LogP contribution in [0, 0.1) is 0 Å². The zero-order chi connectivity index (χ0) is 56.9. The van der Waals surface area contributed by atoms with Crippen molar-refractivity contribution in [3.05, 3.63) is 83.6 Å². The molecule has 2 aliphatic heterocycles. The first-order chi connectivity index (χ1) is 35.9. The summed E-state index contributed by atoms with van der Waals surface area (Å²) in [5.41, 5.74) is -0.0288. The first-order valence-electron chi connectivity index (χ1n) is 24.2. The van der Waals surface area contributed by atoms with Gasteiger partial charge in [-0.2, -0.15) is 46.7 Å². The topological polar surface area (TPSA) is 352 Å². The quantitative estimate of drug-likeness (QED) is 0.0207. The van der Waals surface area contributed by atoms with Gasteiger partial charge in [-0.1, -0.05) is 18.6 Å². The SMILES string of the molecule is CC[N+]1=C(/C=C/C=C2/N(CCCCCC(=O)O)c3ccc4c(S(=O)(=O)O)cc(S(=O)(=O)O)cc4c3C2(C)CCCS(=O)(=O)O)C(C)(CCOCCOCCOCCOC)c2c1ccc1c(S(=O)(=O)O)cc(S(=O)(=O)O)cc21. The van der Waals surface area contributed by atoms with E-state index in [1.54, 1.807) is 38.3 Å². The van der Waals surface area contributed by atoms with E-state index in [-0.39, 0.29) is 92.3 Å². The second kappa shape index (κ2) is 24.3. The van der Waals surface area contributed by atoms with Gasteiger partial charge in [0, 0.05) is 72.0 Å². The molecule has 23 nitrogen and oxygen atoms in total. The van der Waals surface area contributed by atoms with Crippen LogP contribution >= 0.6 is 0 Å². The largest absolute Gasteiger partial charge is 0.481 e. The highest BCUT2D eigenvalue weighted by atomic mass is 32.2. The molecule has 424 valence electrons. The third kappa shape index (κ3) is 14.2. The van der Waals surface area contributed by atoms with Crippen LogP contribution in [0.4, 0.5) is 11.4 Å². The van der Waals surface area contributed by atoms with E-state index >= 15 is 0 Å². The summed E-state index contributed by atoms with van der Waals surface area (Å²) in [6.45, 7) is 7.57. The standard InChI is InChI=1S/C49H62N2O21S5/c1-5-50-39-16-14-35-37(29-33(74(57,58)59)31-41(35)76(63,64)65)46(39)49(3,19-21-70-24-25-72-27-26-71-23-22-69-4)43(50)11-9-12-44-48(2,18-10-28-73(54,55)56)47-38-30-34(75(60,61)62)32-42(77(66,67)68)36(38)15-17-40(47)51(44)20-8-6-7-13-45(52)53/h9,11-12,14-17,29-32H,5-8,10,13,18-28H2,1-4H3,(H5-,52,53,54,55,56,57,58,59,60,61,62,63,64,65,66,67,68)/p+1. The molecule has 0 fully saturated rings. The number of benzene rings is 4. The third-order valence-electron chi connectivity index (χ3n) is 13.7. The summed E-state index contributed by atoms with van der Waals surface area (Å²) >= 11 is 0. The van der Waals surface area contributed by atoms with Crippen molar-refractivity contribution in [3.63, 3.8) is 0 Å². The minimum atomic E-state index is -5.16. The van der Waals surface area contributed by atoms with Gasteiger partial charge in [0.2, 0.25) is 5.69 Å². The van der Waals surface area contributed by atoms with Crippen LogP contribution in [-0.2, 0) is 85.2 Å². The lowest BCUT2D eigenvalue weighted by molar-refractivity contribution is -0.433. The Morgan fingerprint density at radius 2 is 1.16 bits per heavy atom. The van der Waals surface area contributed by atoms with Gasteiger partial charge in [0.15, 0.2) is 5.71 Å². The molecule has 77 heavy (non-hydrogen) atoms. The highest BCUT2D eigenvalue weighted by molar-refractivity contribution is 7.87. The molecule has 0 amide bonds. The van der Waals surface area contributed by atoms with Crippen molar-refractivity contribution >= 4 is 95.2 Å². The number of carbonyl (C=O) groups is 1. The maximum Gasteiger partial charge on any atom is 0.303 e. The van der Waals surface area contributed by atoms with E-state index in [1.807, 2.05) is 23.3 Å². The molecular weight excluding hydrogens is 1110 g/mol. The molecule has 4 aromatic carbocycles. The second-order valence-electron chi connectivity index (χ2n) is 18.9. The van der Waals surface area contributed by atoms with Gasteiger partial charge in [-0.05, 0) is 112 Å². The molecule has 0 aliphatic carbocycles. The fourth-order valence-electron chi connectivity index (χ4n) is 10.3. The zero-order valence-corrected chi connectivity index (χ0v) is 46.7. The van der Waals surface area contributed by atoms with E-state index in [2.05, 4.69) is 0 Å². The zero-order valence-electron chi connectivity index (χ0n) is 42.6. The lowest BCUT2D eigenvalue weighted by Gasteiger charge is -2.31. The number of anilines is 1. The van der Waals surface area contributed by atoms with Crippen molar-refractivity contribution in [2.24, 2.45) is 0 Å². The van der Waals surface area contributed by atoms with Crippen LogP contribution in [0.3, 0.4) is 0 Å². The predicted octanol–water partition coefficient (Wildman–Crippen LogP) is 5.97. The summed E-state index contributed by atoms with van der Waals surface area (Å²) in [4.78, 5) is 9.95. The Morgan fingerprint density at radius 1 is 0.623 bits per heavy atom. The lowest BCUT2D eigenvalue weighted by Crippen LogP contribution is -2.33. The Hall–Kier alpha value is -4.79. The summed E-state index contributed by atoms with van der Waals surface area (Å²) < 4.78 is 202. The van der Waals surface area contributed by atoms with Crippen LogP contribution in [0.15, 0.2) is 92.0 Å². The van der Waals surface area contributed by atoms with E-state index in [0.717, 1.165) is 12.1 Å². The number of fused-ring (bicyclic) bond motifs is 6. The fourth-order valence-corrected chi connectivity index (χ4v) is 13.5. The number of nitrogens with zero attached hydrogens (tertiary/aromatic N) is 2. The number of methoxy groups -OCH3 is 1. The number of aliphatic carboxylic acids is 1. The fraction of sp³-hybridized carbons (Fsp3) is 0.469. The minimum absolute atomic E-state index is 0.0468. The molecule has 0 bridgehead atoms. The van der Waals surface area contributed by atoms with Crippen LogP contribution < -0.4 is 4.90 Å². The lowest BCUT2D eigenvalue weighted by atomic mass is 9.74. The number of unbranched alkanes of at least 4 members (excludes halogenated alkanes) is 2. The van der Waals surface area contributed by atoms with E-state index < -0.39 is 92.7 Å². The first kappa shape index (κ1) is 61.4. The third-order valence-corrected chi connectivity index (χ3v) is 18.0. The highest BCUT2D eigenvalue weighted by Crippen LogP contribution is 2.55. The van der Waals surface area contributed by atoms with Crippen molar-refractivity contribution in [1.82, 2.24) is 0 Å². The number of carboxylic acids is 1. The number of hydrogen-bond donors (Lipinski definition) is 6. The van der Waals surface area contributed by atoms with Gasteiger partial charge < -0.3 is 29.0 Å². The van der Waals surface area contributed by atoms with E-state index in [1.165, 1.54) is 18.2 Å². The maximum atomic E-state index is 12.9. The molecule has 0 saturated heterocycles. The first-order valence-corrected chi connectivity index (χ1v) is 31.6. The second-order valence-corrected chi connectivity index (χ2v) is 26.1. The molecule has 0 aromatic heterocycles. The molecule has 2 atom stereocenters. The molecule has 2 unspecified atom stereocenters. The van der Waals surface area contributed by atoms with Gasteiger partial charge in [-0.25, -0.2) is 0 Å². The molecular formula is C49H63N2O21S5+. The average Bonchev–Trinajstić information content (AvgIpc) is 3.86. The van der Waals surface area contributed by atoms with Crippen LogP contribution in [0.5, 0.6) is 0 Å². The van der Waals surface area contributed by atoms with Crippen LogP contribution in [0.1, 0.15) is 76.8 Å². The van der Waals surface area contributed by atoms with Gasteiger partial charge in [0.25, 0.3) is 50.6 Å². The number of allylic oxidation sites excluding steroid dienone is 4. The van der Waals surface area contributed by atoms with Gasteiger partial charge >= 0.3 is 5.97 Å². The Balaban J connectivity index is 1.56. The molecule has 6 rings (SSSR count). The van der Waals surface area contributed by atoms with Gasteiger partial charge in [0.1, 0.15) is 16.3 Å². The van der Waals surface area contributed by atoms with E-state index in [9.17, 15) is 74.8 Å². The van der Waals surface area contributed by atoms with Gasteiger partial charge in [0.05, 0.1) is 60.6 Å². The minimum Gasteiger partial charge on any atom is -0.481 e. The average molecular weight is 1180 g/mol. The monoisotopic (exact) mass is 1180 g/mol. The van der Waals surface area contributed by atoms with E-state index in [4.69, 9.17) is 18.9 Å². The van der Waals surface area contributed by atoms with Crippen molar-refractivity contribution in [1.29, 1.82) is 0 Å². The Bertz CT molecular complexity index is 3600. The Kier molecular flexibility index (Phi) is 19.4. The molecule has 0 saturated carbocycles. The predicted molar refractivity (Wildman–Crippen MR) is 283 cm³/mol. The molecule has 2 heterocycles. The molecule has 2 aliphatic rings. The molecule has 6 N–H and O–H groups in total. The molecule has 4 aromatic rings. The number of carboxylic acid groups (broad SMARTS) is 1. The summed E-state index contributed by atoms with van der Waals surface area (Å²) in [5, 5.41) is 9.17. The summed E-state index contributed by atoms with van der Waals surface area (Å²) in [7, 11) is -23.5. The summed E-state index contributed by atoms with van der Waals surface area (Å²) in [6.07, 6.45) is 5.91. The maximum absolute atomic E-state index is 12.9. The Morgan fingerprint density at radius 3 is 1.66 bits per heavy atom. The van der Waals surface area contributed by atoms with Crippen molar-refractivity contribution in [3.8, 4) is 0 Å². The van der Waals surface area contributed by atoms with Crippen molar-refractivity contribution < 1.29 is 98.3 Å². The normalized spacial score (nSPS) is 18.9.